The molecule has 3 atom stereocenters. The smallest absolute Gasteiger partial charge is 0.260 e. The number of benzene rings is 1. The summed E-state index contributed by atoms with van der Waals surface area (Å²) in [4.78, 5) is 47.0. The molecule has 0 N–H and O–H groups in total. The van der Waals surface area contributed by atoms with E-state index in [1.54, 1.807) is 34.0 Å². The molecule has 8 heterocycles. The Morgan fingerprint density at radius 2 is 0.868 bits per heavy atom. The number of anilines is 2. The molecule has 3 aliphatic rings. The van der Waals surface area contributed by atoms with Gasteiger partial charge in [0.15, 0.2) is 0 Å². The zero-order chi connectivity index (χ0) is 52.6. The SMILES string of the molecule is CCCCCCCCC(CCCCCC)CN1C(=O)C(c2ccc(-c3ccc(-c4cccs4)s3)s2)=c2cc3c(cc21)=C(C1CC=C(c2ccc(-c4cccs4)s2)S1)C(=O)N3CC(CCCCCC)CCCCCCCC. The fraction of sp³-hybridized carbons (Fsp3) is 0.515. The lowest BCUT2D eigenvalue weighted by Gasteiger charge is -2.27. The number of fused-ring (bicyclic) bond motifs is 2. The maximum atomic E-state index is 15.7. The average Bonchev–Trinajstić information content (AvgIpc) is 4.32. The second-order valence-electron chi connectivity index (χ2n) is 21.9. The summed E-state index contributed by atoms with van der Waals surface area (Å²) in [6.07, 6.45) is 33.1. The first-order chi connectivity index (χ1) is 37.4. The number of carbonyl (C=O) groups is 2. The second-order valence-corrected chi connectivity index (χ2v) is 28.3. The van der Waals surface area contributed by atoms with Gasteiger partial charge in [0, 0.05) is 78.3 Å². The van der Waals surface area contributed by atoms with E-state index in [4.69, 9.17) is 0 Å². The van der Waals surface area contributed by atoms with Crippen molar-refractivity contribution in [3.8, 4) is 29.3 Å². The Labute approximate surface area is 480 Å². The third-order valence-electron chi connectivity index (χ3n) is 16.1. The minimum Gasteiger partial charge on any atom is -0.308 e. The molecule has 9 rings (SSSR count). The molecule has 0 aliphatic carbocycles. The second kappa shape index (κ2) is 29.1. The van der Waals surface area contributed by atoms with Gasteiger partial charge in [-0.3, -0.25) is 9.59 Å². The first kappa shape index (κ1) is 57.2. The monoisotopic (exact) mass is 1130 g/mol. The van der Waals surface area contributed by atoms with Gasteiger partial charge in [0.2, 0.25) is 0 Å². The minimum atomic E-state index is 0.0101. The summed E-state index contributed by atoms with van der Waals surface area (Å²) in [6, 6.07) is 26.8. The average molecular weight is 1130 g/mol. The van der Waals surface area contributed by atoms with Crippen molar-refractivity contribution >= 4 is 108 Å². The molecule has 10 heteroatoms. The van der Waals surface area contributed by atoms with Crippen molar-refractivity contribution < 1.29 is 9.59 Å². The van der Waals surface area contributed by atoms with E-state index >= 15 is 9.59 Å². The molecule has 0 saturated carbocycles. The molecular formula is C66H84N2O2S6. The quantitative estimate of drug-likeness (QED) is 0.0378. The number of nitrogens with zero attached hydrogens (tertiary/aromatic N) is 2. The van der Waals surface area contributed by atoms with Gasteiger partial charge >= 0.3 is 0 Å². The number of amides is 2. The van der Waals surface area contributed by atoms with Crippen molar-refractivity contribution in [2.45, 2.75) is 193 Å². The topological polar surface area (TPSA) is 40.6 Å². The van der Waals surface area contributed by atoms with E-state index in [-0.39, 0.29) is 17.1 Å². The molecule has 0 fully saturated rings. The Kier molecular flexibility index (Phi) is 21.9. The van der Waals surface area contributed by atoms with Crippen LogP contribution < -0.4 is 20.2 Å². The van der Waals surface area contributed by atoms with Gasteiger partial charge in [-0.15, -0.1) is 68.4 Å². The van der Waals surface area contributed by atoms with Crippen molar-refractivity contribution in [2.75, 3.05) is 22.9 Å². The van der Waals surface area contributed by atoms with E-state index in [1.165, 1.54) is 167 Å². The van der Waals surface area contributed by atoms with E-state index in [0.717, 1.165) is 83.0 Å². The molecule has 0 bridgehead atoms. The summed E-state index contributed by atoms with van der Waals surface area (Å²) < 4.78 is 0. The van der Waals surface area contributed by atoms with Gasteiger partial charge in [0.25, 0.3) is 11.8 Å². The minimum absolute atomic E-state index is 0.0101. The molecule has 1 aromatic carbocycles. The third-order valence-corrected chi connectivity index (χ3v) is 23.2. The van der Waals surface area contributed by atoms with Crippen molar-refractivity contribution in [1.82, 2.24) is 0 Å². The summed E-state index contributed by atoms with van der Waals surface area (Å²) in [6.45, 7) is 10.7. The van der Waals surface area contributed by atoms with Crippen molar-refractivity contribution in [3.05, 3.63) is 110 Å². The number of allylic oxidation sites excluding steroid dienone is 1. The van der Waals surface area contributed by atoms with Gasteiger partial charge in [-0.05, 0) is 115 Å². The highest BCUT2D eigenvalue weighted by Gasteiger charge is 2.40. The van der Waals surface area contributed by atoms with Crippen LogP contribution in [0.1, 0.15) is 198 Å². The lowest BCUT2D eigenvalue weighted by atomic mass is 9.93. The van der Waals surface area contributed by atoms with E-state index in [1.807, 2.05) is 34.4 Å². The summed E-state index contributed by atoms with van der Waals surface area (Å²) in [5.41, 5.74) is 3.79. The summed E-state index contributed by atoms with van der Waals surface area (Å²) in [5, 5.41) is 6.39. The number of thioether (sulfide) groups is 1. The van der Waals surface area contributed by atoms with Crippen LogP contribution in [-0.2, 0) is 9.59 Å². The van der Waals surface area contributed by atoms with Crippen molar-refractivity contribution in [3.63, 3.8) is 0 Å². The molecule has 406 valence electrons. The first-order valence-electron chi connectivity index (χ1n) is 29.7. The molecule has 3 unspecified atom stereocenters. The highest BCUT2D eigenvalue weighted by molar-refractivity contribution is 8.09. The van der Waals surface area contributed by atoms with Gasteiger partial charge in [0.05, 0.1) is 16.9 Å². The van der Waals surface area contributed by atoms with Gasteiger partial charge in [-0.25, -0.2) is 0 Å². The first-order valence-corrected chi connectivity index (χ1v) is 34.8. The molecule has 4 nitrogen and oxygen atoms in total. The van der Waals surface area contributed by atoms with Gasteiger partial charge < -0.3 is 9.80 Å². The predicted octanol–water partition coefficient (Wildman–Crippen LogP) is 20.3. The summed E-state index contributed by atoms with van der Waals surface area (Å²) >= 11 is 10.9. The Morgan fingerprint density at radius 1 is 0.461 bits per heavy atom. The highest BCUT2D eigenvalue weighted by atomic mass is 32.2. The molecule has 76 heavy (non-hydrogen) atoms. The summed E-state index contributed by atoms with van der Waals surface area (Å²) in [5.74, 6) is 1.17. The number of hydrogen-bond donors (Lipinski definition) is 0. The molecule has 2 amide bonds. The van der Waals surface area contributed by atoms with Crippen LogP contribution >= 0.6 is 68.4 Å². The van der Waals surface area contributed by atoms with E-state index < -0.39 is 0 Å². The molecule has 0 spiro atoms. The highest BCUT2D eigenvalue weighted by Crippen LogP contribution is 2.48. The largest absolute Gasteiger partial charge is 0.308 e. The fourth-order valence-electron chi connectivity index (χ4n) is 11.8. The van der Waals surface area contributed by atoms with Gasteiger partial charge in [-0.1, -0.05) is 174 Å². The van der Waals surface area contributed by atoms with Crippen LogP contribution in [0.5, 0.6) is 0 Å². The van der Waals surface area contributed by atoms with Crippen LogP contribution in [0.3, 0.4) is 0 Å². The van der Waals surface area contributed by atoms with Crippen LogP contribution in [-0.4, -0.2) is 30.2 Å². The number of hydrogen-bond acceptors (Lipinski definition) is 8. The number of carbonyl (C=O) groups excluding carboxylic acids is 2. The van der Waals surface area contributed by atoms with Crippen molar-refractivity contribution in [2.24, 2.45) is 11.8 Å². The Bertz CT molecular complexity index is 2930. The molecular weight excluding hydrogens is 1050 g/mol. The molecule has 6 aromatic rings. The van der Waals surface area contributed by atoms with Gasteiger partial charge in [-0.2, -0.15) is 0 Å². The number of rotatable bonds is 34. The van der Waals surface area contributed by atoms with Crippen molar-refractivity contribution in [1.29, 1.82) is 0 Å². The van der Waals surface area contributed by atoms with E-state index in [2.05, 4.69) is 127 Å². The Balaban J connectivity index is 1.12. The predicted molar refractivity (Wildman–Crippen MR) is 339 cm³/mol. The fourth-order valence-corrected chi connectivity index (χ4v) is 18.1. The molecule has 0 radical (unpaired) electrons. The zero-order valence-corrected chi connectivity index (χ0v) is 51.0. The standard InChI is InChI=1S/C66H84N2O2S6/c1-5-9-13-17-19-23-29-47(27-21-15-11-7-3)45-67-51-43-50-52(44-49(51)63(65(67)69)61-39-37-59(75-61)57-35-33-55(73-57)53-31-25-41-71-53)68(46-48(28-22-16-12-8-4)30-24-20-18-14-10-6-2)66(70)64(50)62-40-38-60(76-62)58-36-34-56(74-58)54-32-26-42-72-54/h25-26,31-39,41-44,47-48,62H,5-24,27-30,40,45-46H2,1-4H3. The molecule has 0 saturated heterocycles. The van der Waals surface area contributed by atoms with Crippen LogP contribution in [0.2, 0.25) is 0 Å². The summed E-state index contributed by atoms with van der Waals surface area (Å²) in [7, 11) is 0. The van der Waals surface area contributed by atoms with E-state index in [0.29, 0.717) is 11.8 Å². The maximum Gasteiger partial charge on any atom is 0.260 e. The Morgan fingerprint density at radius 3 is 1.38 bits per heavy atom. The van der Waals surface area contributed by atoms with Crippen LogP contribution in [0.25, 0.3) is 45.3 Å². The normalized spacial score (nSPS) is 16.2. The van der Waals surface area contributed by atoms with Crippen LogP contribution in [0.15, 0.2) is 89.6 Å². The lowest BCUT2D eigenvalue weighted by molar-refractivity contribution is -0.114. The third kappa shape index (κ3) is 14.3. The zero-order valence-electron chi connectivity index (χ0n) is 46.1. The van der Waals surface area contributed by atoms with Crippen LogP contribution in [0.4, 0.5) is 11.4 Å². The molecule has 3 aliphatic heterocycles. The van der Waals surface area contributed by atoms with Crippen LogP contribution in [0, 0.1) is 11.8 Å². The number of unbranched alkanes of at least 4 members (excludes halogenated alkanes) is 16. The lowest BCUT2D eigenvalue weighted by Crippen LogP contribution is -2.35. The van der Waals surface area contributed by atoms with Gasteiger partial charge in [0.1, 0.15) is 0 Å². The molecule has 5 aromatic heterocycles. The Hall–Kier alpha value is -3.51. The number of thiophene rings is 5. The maximum absolute atomic E-state index is 15.7. The van der Waals surface area contributed by atoms with E-state index in [9.17, 15) is 0 Å².